The Morgan fingerprint density at radius 3 is 1.31 bits per heavy atom. The maximum Gasteiger partial charge on any atom is 0.194 e. The maximum absolute atomic E-state index is 13.7. The van der Waals surface area contributed by atoms with E-state index in [1.54, 1.807) is 78.9 Å². The van der Waals surface area contributed by atoms with Gasteiger partial charge in [0.25, 0.3) is 0 Å². The second kappa shape index (κ2) is 8.94. The second-order valence-electron chi connectivity index (χ2n) is 7.70. The Morgan fingerprint density at radius 2 is 0.875 bits per heavy atom. The summed E-state index contributed by atoms with van der Waals surface area (Å²) < 4.78 is 0. The number of ketones is 3. The second-order valence-corrected chi connectivity index (χ2v) is 7.70. The van der Waals surface area contributed by atoms with Gasteiger partial charge in [0.05, 0.1) is 0 Å². The lowest BCUT2D eigenvalue weighted by Gasteiger charge is -2.18. The van der Waals surface area contributed by atoms with E-state index in [4.69, 9.17) is 0 Å². The van der Waals surface area contributed by atoms with Crippen LogP contribution in [-0.4, -0.2) is 17.3 Å². The molecule has 0 aliphatic heterocycles. The molecule has 0 bridgehead atoms. The summed E-state index contributed by atoms with van der Waals surface area (Å²) in [7, 11) is 0. The van der Waals surface area contributed by atoms with Crippen LogP contribution in [0.5, 0.6) is 0 Å². The van der Waals surface area contributed by atoms with Gasteiger partial charge in [-0.3, -0.25) is 14.4 Å². The van der Waals surface area contributed by atoms with Crippen LogP contribution in [-0.2, 0) is 0 Å². The number of hydrogen-bond donors (Lipinski definition) is 0. The lowest BCUT2D eigenvalue weighted by atomic mass is 9.82. The van der Waals surface area contributed by atoms with Crippen molar-refractivity contribution in [2.24, 2.45) is 0 Å². The first-order valence-electron chi connectivity index (χ1n) is 10.4. The third kappa shape index (κ3) is 3.93. The molecule has 0 aliphatic rings. The van der Waals surface area contributed by atoms with Crippen molar-refractivity contribution in [3.63, 3.8) is 0 Å². The number of carbonyl (C=O) groups excluding carboxylic acids is 3. The summed E-state index contributed by atoms with van der Waals surface area (Å²) in [5.74, 6) is -0.893. The van der Waals surface area contributed by atoms with Crippen LogP contribution >= 0.6 is 0 Å². The molecule has 0 radical (unpaired) electrons. The molecule has 0 atom stereocenters. The number of benzene rings is 4. The Morgan fingerprint density at radius 1 is 0.500 bits per heavy atom. The van der Waals surface area contributed by atoms with E-state index in [0.29, 0.717) is 22.3 Å². The molecule has 32 heavy (non-hydrogen) atoms. The minimum atomic E-state index is -0.340. The van der Waals surface area contributed by atoms with Crippen molar-refractivity contribution in [2.45, 2.75) is 13.8 Å². The third-order valence-corrected chi connectivity index (χ3v) is 5.65. The van der Waals surface area contributed by atoms with Crippen LogP contribution < -0.4 is 0 Å². The van der Waals surface area contributed by atoms with Gasteiger partial charge in [0.15, 0.2) is 17.3 Å². The first-order valence-corrected chi connectivity index (χ1v) is 10.4. The highest BCUT2D eigenvalue weighted by Gasteiger charge is 2.29. The highest BCUT2D eigenvalue weighted by atomic mass is 16.1. The van der Waals surface area contributed by atoms with Gasteiger partial charge in [-0.1, -0.05) is 91.0 Å². The number of carbonyl (C=O) groups is 3. The predicted octanol–water partition coefficient (Wildman–Crippen LogP) is 6.00. The molecule has 0 fully saturated rings. The smallest absolute Gasteiger partial charge is 0.194 e. The largest absolute Gasteiger partial charge is 0.289 e. The van der Waals surface area contributed by atoms with Crippen molar-refractivity contribution in [2.75, 3.05) is 0 Å². The lowest BCUT2D eigenvalue weighted by molar-refractivity contribution is 0.0990. The van der Waals surface area contributed by atoms with Gasteiger partial charge < -0.3 is 0 Å². The summed E-state index contributed by atoms with van der Waals surface area (Å²) in [6.45, 7) is 3.68. The van der Waals surface area contributed by atoms with Crippen LogP contribution in [0.15, 0.2) is 97.1 Å². The summed E-state index contributed by atoms with van der Waals surface area (Å²) in [6, 6.07) is 28.2. The van der Waals surface area contributed by atoms with Crippen LogP contribution in [0.3, 0.4) is 0 Å². The van der Waals surface area contributed by atoms with Gasteiger partial charge in [-0.05, 0) is 31.0 Å². The Kier molecular flexibility index (Phi) is 5.91. The molecule has 0 saturated carbocycles. The third-order valence-electron chi connectivity index (χ3n) is 5.65. The summed E-state index contributed by atoms with van der Waals surface area (Å²) in [5.41, 5.74) is 3.53. The van der Waals surface area contributed by atoms with E-state index in [1.807, 2.05) is 32.0 Å². The van der Waals surface area contributed by atoms with Crippen LogP contribution in [0, 0.1) is 13.8 Å². The van der Waals surface area contributed by atoms with Crippen molar-refractivity contribution in [3.8, 4) is 0 Å². The van der Waals surface area contributed by atoms with Gasteiger partial charge in [-0.25, -0.2) is 0 Å². The average Bonchev–Trinajstić information content (AvgIpc) is 2.85. The van der Waals surface area contributed by atoms with Crippen LogP contribution in [0.1, 0.15) is 58.9 Å². The van der Waals surface area contributed by atoms with Gasteiger partial charge in [0.1, 0.15) is 0 Å². The molecule has 0 amide bonds. The predicted molar refractivity (Wildman–Crippen MR) is 126 cm³/mol. The Balaban J connectivity index is 2.02. The molecule has 0 aromatic heterocycles. The molecule has 0 unspecified atom stereocenters. The van der Waals surface area contributed by atoms with E-state index in [9.17, 15) is 14.4 Å². The molecule has 4 aromatic carbocycles. The zero-order valence-corrected chi connectivity index (χ0v) is 18.0. The van der Waals surface area contributed by atoms with Gasteiger partial charge in [0, 0.05) is 33.4 Å². The quantitative estimate of drug-likeness (QED) is 0.361. The van der Waals surface area contributed by atoms with Gasteiger partial charge in [0.2, 0.25) is 0 Å². The summed E-state index contributed by atoms with van der Waals surface area (Å²) in [4.78, 5) is 40.9. The zero-order chi connectivity index (χ0) is 22.7. The van der Waals surface area contributed by atoms with Crippen molar-refractivity contribution >= 4 is 17.3 Å². The highest BCUT2D eigenvalue weighted by molar-refractivity contribution is 6.26. The van der Waals surface area contributed by atoms with E-state index < -0.39 is 0 Å². The van der Waals surface area contributed by atoms with E-state index in [1.165, 1.54) is 0 Å². The van der Waals surface area contributed by atoms with E-state index >= 15 is 0 Å². The normalized spacial score (nSPS) is 10.6. The summed E-state index contributed by atoms with van der Waals surface area (Å²) in [5, 5.41) is 0. The van der Waals surface area contributed by atoms with Crippen LogP contribution in [0.4, 0.5) is 0 Å². The molecule has 0 saturated heterocycles. The molecule has 4 rings (SSSR count). The zero-order valence-electron chi connectivity index (χ0n) is 18.0. The minimum absolute atomic E-state index is 0.155. The van der Waals surface area contributed by atoms with Gasteiger partial charge in [-0.15, -0.1) is 0 Å². The summed E-state index contributed by atoms with van der Waals surface area (Å²) in [6.07, 6.45) is 0. The van der Waals surface area contributed by atoms with Crippen LogP contribution in [0.25, 0.3) is 0 Å². The van der Waals surface area contributed by atoms with Crippen molar-refractivity contribution in [1.29, 1.82) is 0 Å². The number of rotatable bonds is 6. The van der Waals surface area contributed by atoms with Crippen molar-refractivity contribution in [1.82, 2.24) is 0 Å². The lowest BCUT2D eigenvalue weighted by Crippen LogP contribution is -2.19. The fraction of sp³-hybridized carbons (Fsp3) is 0.0690. The van der Waals surface area contributed by atoms with Crippen molar-refractivity contribution in [3.05, 3.63) is 142 Å². The first kappa shape index (κ1) is 21.1. The molecular formula is C29H22O3. The van der Waals surface area contributed by atoms with E-state index in [-0.39, 0.29) is 34.0 Å². The fourth-order valence-corrected chi connectivity index (χ4v) is 3.83. The number of aryl methyl sites for hydroxylation is 1. The highest BCUT2D eigenvalue weighted by Crippen LogP contribution is 2.29. The molecule has 0 spiro atoms. The van der Waals surface area contributed by atoms with Gasteiger partial charge in [-0.2, -0.15) is 0 Å². The van der Waals surface area contributed by atoms with Crippen molar-refractivity contribution < 1.29 is 14.4 Å². The Bertz CT molecular complexity index is 1310. The standard InChI is InChI=1S/C29H22O3/c1-19-18-24(27(30)21-12-6-3-7-13-21)26(29(32)23-16-10-5-11-17-23)25(20(19)2)28(31)22-14-8-4-9-15-22/h3-18H,1-2H3. The van der Waals surface area contributed by atoms with E-state index in [0.717, 1.165) is 5.56 Å². The van der Waals surface area contributed by atoms with Gasteiger partial charge >= 0.3 is 0 Å². The van der Waals surface area contributed by atoms with E-state index in [2.05, 4.69) is 0 Å². The molecule has 0 N–H and O–H groups in total. The number of hydrogen-bond acceptors (Lipinski definition) is 3. The molecule has 156 valence electrons. The molecular weight excluding hydrogens is 396 g/mol. The molecule has 0 aliphatic carbocycles. The SMILES string of the molecule is Cc1cc(C(=O)c2ccccc2)c(C(=O)c2ccccc2)c(C(=O)c2ccccc2)c1C. The minimum Gasteiger partial charge on any atom is -0.289 e. The monoisotopic (exact) mass is 418 g/mol. The first-order chi connectivity index (χ1) is 15.5. The fourth-order valence-electron chi connectivity index (χ4n) is 3.83. The molecule has 4 aromatic rings. The molecule has 0 heterocycles. The maximum atomic E-state index is 13.7. The average molecular weight is 418 g/mol. The summed E-state index contributed by atoms with van der Waals surface area (Å²) >= 11 is 0. The topological polar surface area (TPSA) is 51.2 Å². The Labute approximate surface area is 187 Å². The molecule has 3 heteroatoms. The Hall–Kier alpha value is -4.11. The molecule has 3 nitrogen and oxygen atoms in total. The van der Waals surface area contributed by atoms with Crippen LogP contribution in [0.2, 0.25) is 0 Å².